The van der Waals surface area contributed by atoms with Crippen LogP contribution in [-0.2, 0) is 14.1 Å². The Morgan fingerprint density at radius 3 is 2.25 bits per heavy atom. The van der Waals surface area contributed by atoms with Crippen LogP contribution in [0, 0.1) is 0 Å². The molecule has 0 saturated heterocycles. The van der Waals surface area contributed by atoms with Crippen LogP contribution < -0.4 is 0 Å². The lowest BCUT2D eigenvalue weighted by Crippen LogP contribution is -2.15. The average molecular weight is 194 g/mol. The number of carbonyl (C=O) groups is 1. The number of carbonyl (C=O) groups excluding carboxylic acids is 1. The molecule has 2 N–H and O–H groups in total. The Morgan fingerprint density at radius 1 is 1.58 bits per heavy atom. The monoisotopic (exact) mass is 194 g/mol. The van der Waals surface area contributed by atoms with E-state index in [9.17, 15) is 9.36 Å². The van der Waals surface area contributed by atoms with Gasteiger partial charge in [-0.3, -0.25) is 4.57 Å². The van der Waals surface area contributed by atoms with Gasteiger partial charge in [0.1, 0.15) is 0 Å². The molecule has 0 rings (SSSR count). The summed E-state index contributed by atoms with van der Waals surface area (Å²) in [6.07, 6.45) is 0. The predicted molar refractivity (Wildman–Crippen MR) is 42.4 cm³/mol. The van der Waals surface area contributed by atoms with E-state index in [0.717, 1.165) is 6.92 Å². The van der Waals surface area contributed by atoms with Gasteiger partial charge in [0.05, 0.1) is 0 Å². The summed E-state index contributed by atoms with van der Waals surface area (Å²) in [5, 5.41) is 0. The summed E-state index contributed by atoms with van der Waals surface area (Å²) in [6, 6.07) is 0. The topological polar surface area (TPSA) is 83.8 Å². The molecule has 0 spiro atoms. The lowest BCUT2D eigenvalue weighted by Gasteiger charge is -2.13. The number of ether oxygens (including phenoxy) is 1. The molecule has 0 amide bonds. The molecule has 0 heterocycles. The van der Waals surface area contributed by atoms with Gasteiger partial charge in [0.15, 0.2) is 5.85 Å². The van der Waals surface area contributed by atoms with Crippen molar-refractivity contribution >= 4 is 13.6 Å². The van der Waals surface area contributed by atoms with E-state index in [1.807, 2.05) is 0 Å². The minimum absolute atomic E-state index is 0.107. The van der Waals surface area contributed by atoms with Crippen molar-refractivity contribution in [1.82, 2.24) is 0 Å². The van der Waals surface area contributed by atoms with Gasteiger partial charge in [-0.05, 0) is 13.8 Å². The number of hydrogen-bond acceptors (Lipinski definition) is 3. The molecular formula is C6H11O5P. The molecule has 70 valence electrons. The van der Waals surface area contributed by atoms with Gasteiger partial charge in [-0.1, -0.05) is 6.58 Å². The van der Waals surface area contributed by atoms with Crippen molar-refractivity contribution in [2.45, 2.75) is 19.7 Å². The number of hydrogen-bond donors (Lipinski definition) is 2. The van der Waals surface area contributed by atoms with Gasteiger partial charge in [0.25, 0.3) is 0 Å². The first-order valence-corrected chi connectivity index (χ1v) is 4.85. The van der Waals surface area contributed by atoms with E-state index in [1.165, 1.54) is 6.92 Å². The minimum Gasteiger partial charge on any atom is -0.446 e. The summed E-state index contributed by atoms with van der Waals surface area (Å²) in [5.74, 6) is -2.22. The first-order valence-electron chi connectivity index (χ1n) is 3.17. The number of esters is 1. The van der Waals surface area contributed by atoms with Crippen LogP contribution >= 0.6 is 7.60 Å². The zero-order chi connectivity index (χ0) is 9.94. The Kier molecular flexibility index (Phi) is 3.64. The molecule has 12 heavy (non-hydrogen) atoms. The molecule has 0 aromatic rings. The molecular weight excluding hydrogens is 183 g/mol. The Bertz CT molecular complexity index is 240. The van der Waals surface area contributed by atoms with Crippen LogP contribution in [-0.4, -0.2) is 21.6 Å². The van der Waals surface area contributed by atoms with Gasteiger partial charge in [-0.2, -0.15) is 0 Å². The van der Waals surface area contributed by atoms with Crippen molar-refractivity contribution in [3.05, 3.63) is 12.2 Å². The molecule has 1 atom stereocenters. The summed E-state index contributed by atoms with van der Waals surface area (Å²) >= 11 is 0. The zero-order valence-corrected chi connectivity index (χ0v) is 7.75. The van der Waals surface area contributed by atoms with E-state index >= 15 is 0 Å². The summed E-state index contributed by atoms with van der Waals surface area (Å²) in [7, 11) is -4.33. The van der Waals surface area contributed by atoms with Gasteiger partial charge < -0.3 is 14.5 Å². The summed E-state index contributed by atoms with van der Waals surface area (Å²) in [4.78, 5) is 27.8. The largest absolute Gasteiger partial charge is 0.446 e. The molecule has 0 saturated carbocycles. The maximum atomic E-state index is 10.7. The van der Waals surface area contributed by atoms with Gasteiger partial charge >= 0.3 is 13.6 Å². The van der Waals surface area contributed by atoms with Crippen molar-refractivity contribution in [1.29, 1.82) is 0 Å². The van der Waals surface area contributed by atoms with Crippen LogP contribution in [0.15, 0.2) is 12.2 Å². The third-order valence-corrected chi connectivity index (χ3v) is 2.15. The Labute approximate surface area is 70.2 Å². The maximum absolute atomic E-state index is 10.7. The van der Waals surface area contributed by atoms with Crippen molar-refractivity contribution in [2.75, 3.05) is 0 Å². The summed E-state index contributed by atoms with van der Waals surface area (Å²) in [6.45, 7) is 5.79. The standard InChI is InChI=1S/C6H11O5P/c1-4(2)6(7)11-5(3)12(8,9)10/h5H,1H2,2-3H3,(H2,8,9,10). The predicted octanol–water partition coefficient (Wildman–Crippen LogP) is 0.629. The highest BCUT2D eigenvalue weighted by Crippen LogP contribution is 2.41. The van der Waals surface area contributed by atoms with E-state index in [-0.39, 0.29) is 5.57 Å². The van der Waals surface area contributed by atoms with Crippen LogP contribution in [0.2, 0.25) is 0 Å². The third-order valence-electron chi connectivity index (χ3n) is 1.10. The second kappa shape index (κ2) is 3.85. The van der Waals surface area contributed by atoms with E-state index in [1.54, 1.807) is 0 Å². The third kappa shape index (κ3) is 3.67. The Hall–Kier alpha value is -0.640. The molecule has 0 aromatic heterocycles. The van der Waals surface area contributed by atoms with Gasteiger partial charge in [-0.25, -0.2) is 4.79 Å². The molecule has 0 aliphatic rings. The normalized spacial score (nSPS) is 13.7. The first-order chi connectivity index (χ1) is 5.25. The van der Waals surface area contributed by atoms with E-state index in [2.05, 4.69) is 11.3 Å². The highest BCUT2D eigenvalue weighted by molar-refractivity contribution is 7.52. The second-order valence-corrected chi connectivity index (χ2v) is 4.28. The average Bonchev–Trinajstić information content (AvgIpc) is 1.85. The van der Waals surface area contributed by atoms with Crippen LogP contribution in [0.3, 0.4) is 0 Å². The fourth-order valence-electron chi connectivity index (χ4n) is 0.324. The van der Waals surface area contributed by atoms with Crippen molar-refractivity contribution in [2.24, 2.45) is 0 Å². The highest BCUT2D eigenvalue weighted by Gasteiger charge is 2.27. The van der Waals surface area contributed by atoms with Gasteiger partial charge in [0, 0.05) is 5.57 Å². The molecule has 0 aliphatic carbocycles. The minimum atomic E-state index is -4.33. The second-order valence-electron chi connectivity index (χ2n) is 2.37. The molecule has 0 fully saturated rings. The molecule has 0 radical (unpaired) electrons. The lowest BCUT2D eigenvalue weighted by atomic mass is 10.4. The van der Waals surface area contributed by atoms with Crippen LogP contribution in [0.25, 0.3) is 0 Å². The van der Waals surface area contributed by atoms with Gasteiger partial charge in [-0.15, -0.1) is 0 Å². The van der Waals surface area contributed by atoms with E-state index in [0.29, 0.717) is 0 Å². The van der Waals surface area contributed by atoms with Crippen molar-refractivity contribution in [3.8, 4) is 0 Å². The van der Waals surface area contributed by atoms with Crippen LogP contribution in [0.4, 0.5) is 0 Å². The smallest absolute Gasteiger partial charge is 0.365 e. The van der Waals surface area contributed by atoms with Crippen LogP contribution in [0.1, 0.15) is 13.8 Å². The van der Waals surface area contributed by atoms with Crippen molar-refractivity contribution < 1.29 is 23.9 Å². The van der Waals surface area contributed by atoms with E-state index < -0.39 is 19.4 Å². The van der Waals surface area contributed by atoms with Gasteiger partial charge in [0.2, 0.25) is 0 Å². The molecule has 0 aliphatic heterocycles. The van der Waals surface area contributed by atoms with E-state index in [4.69, 9.17) is 9.79 Å². The van der Waals surface area contributed by atoms with Crippen molar-refractivity contribution in [3.63, 3.8) is 0 Å². The fourth-order valence-corrected chi connectivity index (χ4v) is 0.557. The molecule has 0 aromatic carbocycles. The van der Waals surface area contributed by atoms with Crippen LogP contribution in [0.5, 0.6) is 0 Å². The maximum Gasteiger partial charge on any atom is 0.365 e. The summed E-state index contributed by atoms with van der Waals surface area (Å²) in [5.41, 5.74) is 0.107. The quantitative estimate of drug-likeness (QED) is 0.391. The molecule has 6 heteroatoms. The molecule has 1 unspecified atom stereocenters. The lowest BCUT2D eigenvalue weighted by molar-refractivity contribution is -0.140. The fraction of sp³-hybridized carbons (Fsp3) is 0.500. The SMILES string of the molecule is C=C(C)C(=O)OC(C)P(=O)(O)O. The Balaban J connectivity index is 4.21. The number of rotatable bonds is 3. The summed E-state index contributed by atoms with van der Waals surface area (Å²) < 4.78 is 14.9. The Morgan fingerprint density at radius 2 is 2.00 bits per heavy atom. The zero-order valence-electron chi connectivity index (χ0n) is 6.85. The highest BCUT2D eigenvalue weighted by atomic mass is 31.2. The molecule has 5 nitrogen and oxygen atoms in total. The molecule has 0 bridgehead atoms. The first kappa shape index (κ1) is 11.4.